The smallest absolute Gasteiger partial charge is 0.251 e. The number of fused-ring (bicyclic) bond motifs is 1. The Labute approximate surface area is 120 Å². The van der Waals surface area contributed by atoms with Crippen LogP contribution in [0.5, 0.6) is 0 Å². The number of benzene rings is 1. The van der Waals surface area contributed by atoms with Gasteiger partial charge in [0.05, 0.1) is 5.52 Å². The second-order valence-electron chi connectivity index (χ2n) is 5.10. The molecular formula is C15H17BrN2O. The average Bonchev–Trinajstić information content (AvgIpc) is 2.68. The molecule has 1 aliphatic rings. The minimum absolute atomic E-state index is 0.100. The van der Waals surface area contributed by atoms with E-state index in [1.807, 2.05) is 22.8 Å². The van der Waals surface area contributed by atoms with Gasteiger partial charge in [0.2, 0.25) is 0 Å². The predicted molar refractivity (Wildman–Crippen MR) is 81.7 cm³/mol. The maximum atomic E-state index is 12.3. The molecule has 100 valence electrons. The van der Waals surface area contributed by atoms with Crippen LogP contribution in [0.2, 0.25) is 0 Å². The van der Waals surface area contributed by atoms with E-state index in [1.165, 1.54) is 12.8 Å². The van der Waals surface area contributed by atoms with E-state index in [-0.39, 0.29) is 11.6 Å². The molecule has 2 heterocycles. The van der Waals surface area contributed by atoms with Crippen molar-refractivity contribution >= 4 is 26.8 Å². The van der Waals surface area contributed by atoms with E-state index < -0.39 is 0 Å². The molecule has 1 aromatic heterocycles. The fraction of sp³-hybridized carbons (Fsp3) is 0.400. The number of nitrogens with zero attached hydrogens (tertiary/aromatic N) is 1. The molecule has 0 aliphatic carbocycles. The second-order valence-corrected chi connectivity index (χ2v) is 6.01. The highest BCUT2D eigenvalue weighted by atomic mass is 79.9. The van der Waals surface area contributed by atoms with Crippen LogP contribution < -0.4 is 10.9 Å². The minimum atomic E-state index is 0.100. The Morgan fingerprint density at radius 1 is 1.21 bits per heavy atom. The van der Waals surface area contributed by atoms with E-state index in [4.69, 9.17) is 0 Å². The minimum Gasteiger partial charge on any atom is -0.315 e. The van der Waals surface area contributed by atoms with Gasteiger partial charge in [-0.05, 0) is 49.0 Å². The normalized spacial score (nSPS) is 20.4. The van der Waals surface area contributed by atoms with Gasteiger partial charge < -0.3 is 9.88 Å². The molecule has 0 radical (unpaired) electrons. The summed E-state index contributed by atoms with van der Waals surface area (Å²) in [5, 5.41) is 4.54. The molecule has 3 rings (SSSR count). The van der Waals surface area contributed by atoms with Crippen LogP contribution in [0.3, 0.4) is 0 Å². The SMILES string of the molecule is O=c1ccc2cc(Br)ccc2n1C1CCCCNC1. The molecule has 3 nitrogen and oxygen atoms in total. The maximum absolute atomic E-state index is 12.3. The fourth-order valence-electron chi connectivity index (χ4n) is 2.84. The van der Waals surface area contributed by atoms with Crippen molar-refractivity contribution in [2.75, 3.05) is 13.1 Å². The third-order valence-corrected chi connectivity index (χ3v) is 4.27. The van der Waals surface area contributed by atoms with E-state index >= 15 is 0 Å². The lowest BCUT2D eigenvalue weighted by molar-refractivity contribution is 0.462. The Balaban J connectivity index is 2.15. The van der Waals surface area contributed by atoms with Crippen molar-refractivity contribution in [3.05, 3.63) is 45.2 Å². The molecule has 1 saturated heterocycles. The number of nitrogens with one attached hydrogen (secondary N) is 1. The predicted octanol–water partition coefficient (Wildman–Crippen LogP) is 3.08. The molecule has 2 aromatic rings. The van der Waals surface area contributed by atoms with Gasteiger partial charge in [-0.3, -0.25) is 4.79 Å². The number of hydrogen-bond acceptors (Lipinski definition) is 2. The third-order valence-electron chi connectivity index (χ3n) is 3.78. The van der Waals surface area contributed by atoms with Gasteiger partial charge in [0.25, 0.3) is 5.56 Å². The zero-order valence-corrected chi connectivity index (χ0v) is 12.3. The van der Waals surface area contributed by atoms with Crippen LogP contribution in [0.1, 0.15) is 25.3 Å². The van der Waals surface area contributed by atoms with Crippen LogP contribution >= 0.6 is 15.9 Å². The van der Waals surface area contributed by atoms with Crippen LogP contribution in [0.4, 0.5) is 0 Å². The summed E-state index contributed by atoms with van der Waals surface area (Å²) >= 11 is 3.48. The van der Waals surface area contributed by atoms with E-state index in [0.29, 0.717) is 0 Å². The van der Waals surface area contributed by atoms with Gasteiger partial charge in [0.1, 0.15) is 0 Å². The number of rotatable bonds is 1. The van der Waals surface area contributed by atoms with Crippen LogP contribution in [0.15, 0.2) is 39.6 Å². The van der Waals surface area contributed by atoms with Crippen LogP contribution in [0, 0.1) is 0 Å². The van der Waals surface area contributed by atoms with Gasteiger partial charge in [-0.15, -0.1) is 0 Å². The largest absolute Gasteiger partial charge is 0.315 e. The molecule has 1 N–H and O–H groups in total. The lowest BCUT2D eigenvalue weighted by Gasteiger charge is -2.20. The van der Waals surface area contributed by atoms with Crippen molar-refractivity contribution in [3.63, 3.8) is 0 Å². The number of halogens is 1. The molecular weight excluding hydrogens is 304 g/mol. The Morgan fingerprint density at radius 2 is 2.11 bits per heavy atom. The summed E-state index contributed by atoms with van der Waals surface area (Å²) < 4.78 is 3.00. The van der Waals surface area contributed by atoms with Crippen LogP contribution in [-0.4, -0.2) is 17.7 Å². The third kappa shape index (κ3) is 2.60. The van der Waals surface area contributed by atoms with Crippen LogP contribution in [0.25, 0.3) is 10.9 Å². The van der Waals surface area contributed by atoms with E-state index in [9.17, 15) is 4.79 Å². The summed E-state index contributed by atoms with van der Waals surface area (Å²) in [7, 11) is 0. The first kappa shape index (κ1) is 12.9. The molecule has 1 atom stereocenters. The standard InChI is InChI=1S/C15H17BrN2O/c16-12-5-6-14-11(9-12)4-7-15(19)18(14)13-3-1-2-8-17-10-13/h4-7,9,13,17H,1-3,8,10H2. The first-order valence-electron chi connectivity index (χ1n) is 6.77. The van der Waals surface area contributed by atoms with Gasteiger partial charge >= 0.3 is 0 Å². The molecule has 19 heavy (non-hydrogen) atoms. The van der Waals surface area contributed by atoms with Crippen molar-refractivity contribution in [1.82, 2.24) is 9.88 Å². The molecule has 0 amide bonds. The summed E-state index contributed by atoms with van der Waals surface area (Å²) in [5.74, 6) is 0. The van der Waals surface area contributed by atoms with E-state index in [1.54, 1.807) is 6.07 Å². The molecule has 0 saturated carbocycles. The molecule has 4 heteroatoms. The fourth-order valence-corrected chi connectivity index (χ4v) is 3.21. The average molecular weight is 321 g/mol. The highest BCUT2D eigenvalue weighted by Crippen LogP contribution is 2.23. The zero-order chi connectivity index (χ0) is 13.2. The topological polar surface area (TPSA) is 34.0 Å². The first-order valence-corrected chi connectivity index (χ1v) is 7.56. The van der Waals surface area contributed by atoms with Gasteiger partial charge in [-0.1, -0.05) is 22.4 Å². The van der Waals surface area contributed by atoms with Crippen molar-refractivity contribution in [3.8, 4) is 0 Å². The lowest BCUT2D eigenvalue weighted by Crippen LogP contribution is -2.30. The second kappa shape index (κ2) is 5.47. The van der Waals surface area contributed by atoms with E-state index in [0.717, 1.165) is 34.9 Å². The highest BCUT2D eigenvalue weighted by Gasteiger charge is 2.16. The number of aromatic nitrogens is 1. The van der Waals surface area contributed by atoms with Gasteiger partial charge in [-0.2, -0.15) is 0 Å². The summed E-state index contributed by atoms with van der Waals surface area (Å²) in [5.41, 5.74) is 1.13. The zero-order valence-electron chi connectivity index (χ0n) is 10.7. The summed E-state index contributed by atoms with van der Waals surface area (Å²) in [6.45, 7) is 1.94. The Morgan fingerprint density at radius 3 is 3.00 bits per heavy atom. The summed E-state index contributed by atoms with van der Waals surface area (Å²) in [6.07, 6.45) is 3.45. The van der Waals surface area contributed by atoms with Gasteiger partial charge in [0.15, 0.2) is 0 Å². The van der Waals surface area contributed by atoms with Gasteiger partial charge in [0, 0.05) is 23.1 Å². The van der Waals surface area contributed by atoms with Crippen molar-refractivity contribution < 1.29 is 0 Å². The summed E-state index contributed by atoms with van der Waals surface area (Å²) in [6, 6.07) is 9.95. The Bertz CT molecular complexity index is 642. The van der Waals surface area contributed by atoms with Gasteiger partial charge in [-0.25, -0.2) is 0 Å². The molecule has 1 unspecified atom stereocenters. The van der Waals surface area contributed by atoms with Crippen molar-refractivity contribution in [2.45, 2.75) is 25.3 Å². The molecule has 1 fully saturated rings. The number of pyridine rings is 1. The van der Waals surface area contributed by atoms with E-state index in [2.05, 4.69) is 27.3 Å². The first-order chi connectivity index (χ1) is 9.25. The van der Waals surface area contributed by atoms with Crippen molar-refractivity contribution in [2.24, 2.45) is 0 Å². The van der Waals surface area contributed by atoms with Crippen molar-refractivity contribution in [1.29, 1.82) is 0 Å². The Kier molecular flexibility index (Phi) is 3.71. The highest BCUT2D eigenvalue weighted by molar-refractivity contribution is 9.10. The molecule has 1 aliphatic heterocycles. The molecule has 0 spiro atoms. The summed E-state index contributed by atoms with van der Waals surface area (Å²) in [4.78, 5) is 12.3. The lowest BCUT2D eigenvalue weighted by atomic mass is 10.1. The maximum Gasteiger partial charge on any atom is 0.251 e. The molecule has 0 bridgehead atoms. The Hall–Kier alpha value is -1.13. The monoisotopic (exact) mass is 320 g/mol. The van der Waals surface area contributed by atoms with Crippen LogP contribution in [-0.2, 0) is 0 Å². The molecule has 1 aromatic carbocycles. The number of hydrogen-bond donors (Lipinski definition) is 1. The quantitative estimate of drug-likeness (QED) is 0.876.